The minimum atomic E-state index is 0. The topological polar surface area (TPSA) is 59.6 Å². The average molecular weight is 301 g/mol. The molecule has 1 aromatic rings. The fourth-order valence-electron chi connectivity index (χ4n) is 2.02. The van der Waals surface area contributed by atoms with Crippen LogP contribution < -0.4 is 20.1 Å². The van der Waals surface area contributed by atoms with Gasteiger partial charge in [-0.25, -0.2) is 0 Å². The number of carbonyl (C=O) groups excluding carboxylic acids is 1. The normalized spacial score (nSPS) is 13.9. The quantitative estimate of drug-likeness (QED) is 0.823. The first-order valence-corrected chi connectivity index (χ1v) is 6.44. The summed E-state index contributed by atoms with van der Waals surface area (Å²) in [6.45, 7) is 2.18. The van der Waals surface area contributed by atoms with Crippen molar-refractivity contribution in [2.75, 3.05) is 33.9 Å². The van der Waals surface area contributed by atoms with Crippen LogP contribution in [0.5, 0.6) is 11.5 Å². The van der Waals surface area contributed by atoms with Gasteiger partial charge in [-0.15, -0.1) is 12.4 Å². The number of methoxy groups -OCH3 is 2. The predicted molar refractivity (Wildman–Crippen MR) is 79.9 cm³/mol. The highest BCUT2D eigenvalue weighted by atomic mass is 35.5. The Kier molecular flexibility index (Phi) is 6.61. The standard InChI is InChI=1S/C14H20N2O3.ClH/c1-18-12-3-4-13(19-2)10(7-12)5-6-16-14(17)11-8-15-9-11;/h3-4,7,11,15H,5-6,8-9H2,1-2H3,(H,16,17);1H. The predicted octanol–water partition coefficient (Wildman–Crippen LogP) is 1.00. The third-order valence-corrected chi connectivity index (χ3v) is 3.33. The maximum Gasteiger partial charge on any atom is 0.225 e. The molecule has 1 aromatic carbocycles. The van der Waals surface area contributed by atoms with E-state index < -0.39 is 0 Å². The SMILES string of the molecule is COc1ccc(OC)c(CCNC(=O)C2CNC2)c1.Cl. The Balaban J connectivity index is 0.00000200. The number of hydrogen-bond acceptors (Lipinski definition) is 4. The lowest BCUT2D eigenvalue weighted by Crippen LogP contribution is -2.51. The minimum absolute atomic E-state index is 0. The van der Waals surface area contributed by atoms with Crippen LogP contribution in [-0.2, 0) is 11.2 Å². The summed E-state index contributed by atoms with van der Waals surface area (Å²) >= 11 is 0. The summed E-state index contributed by atoms with van der Waals surface area (Å²) in [6, 6.07) is 5.68. The molecular weight excluding hydrogens is 280 g/mol. The van der Waals surface area contributed by atoms with Crippen LogP contribution in [0.2, 0.25) is 0 Å². The number of carbonyl (C=O) groups is 1. The van der Waals surface area contributed by atoms with Gasteiger partial charge in [0.2, 0.25) is 5.91 Å². The van der Waals surface area contributed by atoms with Gasteiger partial charge < -0.3 is 20.1 Å². The molecule has 1 aliphatic heterocycles. The lowest BCUT2D eigenvalue weighted by molar-refractivity contribution is -0.126. The highest BCUT2D eigenvalue weighted by Gasteiger charge is 2.24. The Morgan fingerprint density at radius 2 is 2.10 bits per heavy atom. The van der Waals surface area contributed by atoms with Crippen molar-refractivity contribution in [2.24, 2.45) is 5.92 Å². The van der Waals surface area contributed by atoms with Crippen LogP contribution in [-0.4, -0.2) is 39.8 Å². The maximum atomic E-state index is 11.7. The van der Waals surface area contributed by atoms with Crippen LogP contribution in [0, 0.1) is 5.92 Å². The third kappa shape index (κ3) is 4.02. The Bertz CT molecular complexity index is 450. The molecule has 2 rings (SSSR count). The Morgan fingerprint density at radius 1 is 1.35 bits per heavy atom. The van der Waals surface area contributed by atoms with E-state index in [0.717, 1.165) is 36.6 Å². The molecule has 0 radical (unpaired) electrons. The summed E-state index contributed by atoms with van der Waals surface area (Å²) in [6.07, 6.45) is 0.728. The molecule has 0 atom stereocenters. The molecule has 0 unspecified atom stereocenters. The fourth-order valence-corrected chi connectivity index (χ4v) is 2.02. The van der Waals surface area contributed by atoms with E-state index in [-0.39, 0.29) is 24.2 Å². The third-order valence-electron chi connectivity index (χ3n) is 3.33. The van der Waals surface area contributed by atoms with Crippen molar-refractivity contribution in [1.29, 1.82) is 0 Å². The summed E-state index contributed by atoms with van der Waals surface area (Å²) in [5, 5.41) is 6.03. The monoisotopic (exact) mass is 300 g/mol. The number of hydrogen-bond donors (Lipinski definition) is 2. The first-order valence-electron chi connectivity index (χ1n) is 6.44. The number of nitrogens with one attached hydrogen (secondary N) is 2. The molecular formula is C14H21ClN2O3. The van der Waals surface area contributed by atoms with E-state index >= 15 is 0 Å². The smallest absolute Gasteiger partial charge is 0.225 e. The molecule has 1 amide bonds. The van der Waals surface area contributed by atoms with Gasteiger partial charge in [0.1, 0.15) is 11.5 Å². The van der Waals surface area contributed by atoms with Crippen LogP contribution in [0.4, 0.5) is 0 Å². The Labute approximate surface area is 125 Å². The van der Waals surface area contributed by atoms with Crippen molar-refractivity contribution >= 4 is 18.3 Å². The largest absolute Gasteiger partial charge is 0.497 e. The van der Waals surface area contributed by atoms with E-state index in [0.29, 0.717) is 6.54 Å². The number of ether oxygens (including phenoxy) is 2. The van der Waals surface area contributed by atoms with Crippen LogP contribution in [0.15, 0.2) is 18.2 Å². The highest BCUT2D eigenvalue weighted by Crippen LogP contribution is 2.24. The molecule has 6 heteroatoms. The lowest BCUT2D eigenvalue weighted by atomic mass is 10.0. The van der Waals surface area contributed by atoms with Gasteiger partial charge in [-0.2, -0.15) is 0 Å². The minimum Gasteiger partial charge on any atom is -0.497 e. The van der Waals surface area contributed by atoms with Gasteiger partial charge in [-0.1, -0.05) is 0 Å². The zero-order valence-corrected chi connectivity index (χ0v) is 12.6. The fraction of sp³-hybridized carbons (Fsp3) is 0.500. The molecule has 0 aliphatic carbocycles. The van der Waals surface area contributed by atoms with E-state index in [1.807, 2.05) is 18.2 Å². The molecule has 0 bridgehead atoms. The van der Waals surface area contributed by atoms with Gasteiger partial charge in [-0.3, -0.25) is 4.79 Å². The zero-order chi connectivity index (χ0) is 13.7. The number of benzene rings is 1. The molecule has 1 saturated heterocycles. The number of rotatable bonds is 6. The summed E-state index contributed by atoms with van der Waals surface area (Å²) in [5.74, 6) is 1.87. The summed E-state index contributed by atoms with van der Waals surface area (Å²) < 4.78 is 10.5. The van der Waals surface area contributed by atoms with E-state index in [1.165, 1.54) is 0 Å². The van der Waals surface area contributed by atoms with Gasteiger partial charge in [0.05, 0.1) is 20.1 Å². The van der Waals surface area contributed by atoms with Crippen molar-refractivity contribution in [3.05, 3.63) is 23.8 Å². The molecule has 20 heavy (non-hydrogen) atoms. The summed E-state index contributed by atoms with van der Waals surface area (Å²) in [7, 11) is 3.28. The van der Waals surface area contributed by atoms with Gasteiger partial charge in [-0.05, 0) is 30.2 Å². The second-order valence-corrected chi connectivity index (χ2v) is 4.57. The Morgan fingerprint density at radius 3 is 2.65 bits per heavy atom. The van der Waals surface area contributed by atoms with E-state index in [4.69, 9.17) is 9.47 Å². The van der Waals surface area contributed by atoms with Crippen LogP contribution >= 0.6 is 12.4 Å². The van der Waals surface area contributed by atoms with Gasteiger partial charge >= 0.3 is 0 Å². The van der Waals surface area contributed by atoms with Crippen molar-refractivity contribution < 1.29 is 14.3 Å². The molecule has 0 aromatic heterocycles. The molecule has 5 nitrogen and oxygen atoms in total. The second kappa shape index (κ2) is 7.97. The Hall–Kier alpha value is -1.46. The van der Waals surface area contributed by atoms with Crippen molar-refractivity contribution in [1.82, 2.24) is 10.6 Å². The molecule has 2 N–H and O–H groups in total. The zero-order valence-electron chi connectivity index (χ0n) is 11.8. The average Bonchev–Trinajstić information content (AvgIpc) is 2.36. The summed E-state index contributed by atoms with van der Waals surface area (Å²) in [4.78, 5) is 11.7. The molecule has 1 aliphatic rings. The van der Waals surface area contributed by atoms with Crippen molar-refractivity contribution in [3.8, 4) is 11.5 Å². The first-order chi connectivity index (χ1) is 9.24. The van der Waals surface area contributed by atoms with Crippen LogP contribution in [0.25, 0.3) is 0 Å². The van der Waals surface area contributed by atoms with Gasteiger partial charge in [0, 0.05) is 19.6 Å². The van der Waals surface area contributed by atoms with Crippen molar-refractivity contribution in [2.45, 2.75) is 6.42 Å². The molecule has 112 valence electrons. The molecule has 1 fully saturated rings. The summed E-state index contributed by atoms with van der Waals surface area (Å²) in [5.41, 5.74) is 1.04. The first kappa shape index (κ1) is 16.6. The van der Waals surface area contributed by atoms with E-state index in [1.54, 1.807) is 14.2 Å². The van der Waals surface area contributed by atoms with Gasteiger partial charge in [0.15, 0.2) is 0 Å². The highest BCUT2D eigenvalue weighted by molar-refractivity contribution is 5.85. The molecule has 1 heterocycles. The second-order valence-electron chi connectivity index (χ2n) is 4.57. The van der Waals surface area contributed by atoms with Crippen LogP contribution in [0.3, 0.4) is 0 Å². The van der Waals surface area contributed by atoms with Crippen LogP contribution in [0.1, 0.15) is 5.56 Å². The molecule has 0 saturated carbocycles. The van der Waals surface area contributed by atoms with E-state index in [9.17, 15) is 4.79 Å². The maximum absolute atomic E-state index is 11.7. The van der Waals surface area contributed by atoms with Crippen molar-refractivity contribution in [3.63, 3.8) is 0 Å². The number of halogens is 1. The van der Waals surface area contributed by atoms with Gasteiger partial charge in [0.25, 0.3) is 0 Å². The lowest BCUT2D eigenvalue weighted by Gasteiger charge is -2.25. The number of amides is 1. The molecule has 0 spiro atoms. The van der Waals surface area contributed by atoms with E-state index in [2.05, 4.69) is 10.6 Å².